The smallest absolute Gasteiger partial charge is 0.167 e. The Morgan fingerprint density at radius 1 is 1.27 bits per heavy atom. The first-order valence-electron chi connectivity index (χ1n) is 11.2. The standard InChI is InChI=1S/C22H31FN6O/c1-24-21(28-12-16-4-5-17(13-28)27-16)18-10-25-11-19(23)20(18)26-15-30-14-22-6-2-8-29(22)9-3-7-22/h10-11,16-17,27H,1-9,12-15H2/b21-18+,26-20+. The van der Waals surface area contributed by atoms with Gasteiger partial charge in [0.25, 0.3) is 0 Å². The minimum absolute atomic E-state index is 0.140. The molecule has 8 heteroatoms. The van der Waals surface area contributed by atoms with Crippen molar-refractivity contribution in [2.24, 2.45) is 15.0 Å². The highest BCUT2D eigenvalue weighted by Gasteiger charge is 2.44. The lowest BCUT2D eigenvalue weighted by Crippen LogP contribution is -2.50. The molecule has 0 radical (unpaired) electrons. The van der Waals surface area contributed by atoms with Crippen molar-refractivity contribution in [3.63, 3.8) is 0 Å². The zero-order valence-electron chi connectivity index (χ0n) is 17.5. The number of hydrogen-bond donors (Lipinski definition) is 1. The maximum Gasteiger partial charge on any atom is 0.167 e. The number of aliphatic imine (C=N–C) groups is 3. The van der Waals surface area contributed by atoms with Gasteiger partial charge in [-0.1, -0.05) is 0 Å². The quantitative estimate of drug-likeness (QED) is 0.535. The Balaban J connectivity index is 1.31. The Bertz CT molecular complexity index is 796. The van der Waals surface area contributed by atoms with E-state index >= 15 is 0 Å². The lowest BCUT2D eigenvalue weighted by atomic mass is 9.95. The molecule has 162 valence electrons. The fraction of sp³-hybridized carbons (Fsp3) is 0.682. The van der Waals surface area contributed by atoms with Gasteiger partial charge in [-0.2, -0.15) is 0 Å². The first kappa shape index (κ1) is 20.0. The predicted molar refractivity (Wildman–Crippen MR) is 117 cm³/mol. The molecule has 2 unspecified atom stereocenters. The van der Waals surface area contributed by atoms with Crippen molar-refractivity contribution >= 4 is 18.6 Å². The van der Waals surface area contributed by atoms with Crippen LogP contribution in [0.1, 0.15) is 38.5 Å². The van der Waals surface area contributed by atoms with Crippen LogP contribution >= 0.6 is 0 Å². The van der Waals surface area contributed by atoms with Gasteiger partial charge in [-0.05, 0) is 58.3 Å². The van der Waals surface area contributed by atoms with Gasteiger partial charge in [-0.15, -0.1) is 0 Å². The molecule has 1 N–H and O–H groups in total. The molecule has 5 aliphatic heterocycles. The van der Waals surface area contributed by atoms with E-state index in [-0.39, 0.29) is 18.0 Å². The Kier molecular flexibility index (Phi) is 5.56. The molecule has 5 heterocycles. The van der Waals surface area contributed by atoms with Gasteiger partial charge in [0.05, 0.1) is 18.4 Å². The summed E-state index contributed by atoms with van der Waals surface area (Å²) in [5.74, 6) is 0.215. The number of allylic oxidation sites excluding steroid dienone is 2. The number of halogens is 1. The molecule has 2 bridgehead atoms. The molecule has 5 aliphatic rings. The minimum atomic E-state index is -0.447. The molecule has 0 saturated carbocycles. The molecule has 7 nitrogen and oxygen atoms in total. The zero-order chi connectivity index (χ0) is 20.6. The number of nitrogens with zero attached hydrogens (tertiary/aromatic N) is 5. The Hall–Kier alpha value is -1.90. The first-order valence-corrected chi connectivity index (χ1v) is 11.2. The highest BCUT2D eigenvalue weighted by molar-refractivity contribution is 6.24. The second-order valence-electron chi connectivity index (χ2n) is 9.10. The summed E-state index contributed by atoms with van der Waals surface area (Å²) in [6, 6.07) is 0.900. The van der Waals surface area contributed by atoms with Crippen LogP contribution in [-0.2, 0) is 4.74 Å². The fourth-order valence-electron chi connectivity index (χ4n) is 5.88. The molecule has 4 fully saturated rings. The summed E-state index contributed by atoms with van der Waals surface area (Å²) in [4.78, 5) is 17.6. The molecule has 0 spiro atoms. The van der Waals surface area contributed by atoms with Crippen LogP contribution in [0.5, 0.6) is 0 Å². The maximum atomic E-state index is 14.7. The zero-order valence-corrected chi connectivity index (χ0v) is 17.5. The van der Waals surface area contributed by atoms with Crippen molar-refractivity contribution in [2.45, 2.75) is 56.1 Å². The van der Waals surface area contributed by atoms with E-state index in [9.17, 15) is 4.39 Å². The molecule has 0 aromatic heterocycles. The SMILES string of the molecule is C=N/C(=C1/C=NC=C(F)/C1=N/COCC12CCCN1CCC2)N1CC2CCC(C1)N2. The van der Waals surface area contributed by atoms with Crippen LogP contribution in [-0.4, -0.2) is 85.6 Å². The largest absolute Gasteiger partial charge is 0.357 e. The molecule has 0 aliphatic carbocycles. The van der Waals surface area contributed by atoms with Crippen LogP contribution in [0.4, 0.5) is 4.39 Å². The van der Waals surface area contributed by atoms with Crippen LogP contribution in [0.2, 0.25) is 0 Å². The van der Waals surface area contributed by atoms with Gasteiger partial charge in [0, 0.05) is 36.9 Å². The monoisotopic (exact) mass is 414 g/mol. The topological polar surface area (TPSA) is 64.8 Å². The van der Waals surface area contributed by atoms with Crippen molar-refractivity contribution in [2.75, 3.05) is 39.5 Å². The Morgan fingerprint density at radius 3 is 2.70 bits per heavy atom. The van der Waals surface area contributed by atoms with Crippen LogP contribution in [0.15, 0.2) is 38.4 Å². The molecule has 0 amide bonds. The van der Waals surface area contributed by atoms with Crippen molar-refractivity contribution < 1.29 is 9.13 Å². The summed E-state index contributed by atoms with van der Waals surface area (Å²) in [6.45, 7) is 8.58. The van der Waals surface area contributed by atoms with Crippen LogP contribution in [0, 0.1) is 0 Å². The Morgan fingerprint density at radius 2 is 2.00 bits per heavy atom. The summed E-state index contributed by atoms with van der Waals surface area (Å²) in [5.41, 5.74) is 1.04. The molecule has 0 aromatic rings. The van der Waals surface area contributed by atoms with E-state index in [0.717, 1.165) is 25.9 Å². The number of ether oxygens (including phenoxy) is 1. The molecule has 30 heavy (non-hydrogen) atoms. The number of likely N-dealkylation sites (tertiary alicyclic amines) is 1. The van der Waals surface area contributed by atoms with E-state index < -0.39 is 5.83 Å². The highest BCUT2D eigenvalue weighted by Crippen LogP contribution is 2.38. The van der Waals surface area contributed by atoms with E-state index in [2.05, 4.69) is 36.8 Å². The maximum absolute atomic E-state index is 14.7. The number of fused-ring (bicyclic) bond motifs is 3. The van der Waals surface area contributed by atoms with E-state index in [0.29, 0.717) is 30.1 Å². The third-order valence-electron chi connectivity index (χ3n) is 7.28. The van der Waals surface area contributed by atoms with Crippen molar-refractivity contribution in [3.8, 4) is 0 Å². The van der Waals surface area contributed by atoms with Gasteiger partial charge in [-0.3, -0.25) is 14.9 Å². The highest BCUT2D eigenvalue weighted by atomic mass is 19.1. The third-order valence-corrected chi connectivity index (χ3v) is 7.28. The van der Waals surface area contributed by atoms with Gasteiger partial charge >= 0.3 is 0 Å². The second-order valence-corrected chi connectivity index (χ2v) is 9.10. The minimum Gasteiger partial charge on any atom is -0.357 e. The number of piperazine rings is 1. The summed E-state index contributed by atoms with van der Waals surface area (Å²) in [5, 5.41) is 3.61. The number of hydrogen-bond acceptors (Lipinski definition) is 7. The van der Waals surface area contributed by atoms with E-state index in [1.165, 1.54) is 45.0 Å². The van der Waals surface area contributed by atoms with Crippen molar-refractivity contribution in [1.29, 1.82) is 0 Å². The average Bonchev–Trinajstić information content (AvgIpc) is 3.41. The molecule has 5 rings (SSSR count). The average molecular weight is 415 g/mol. The Labute approximate surface area is 177 Å². The summed E-state index contributed by atoms with van der Waals surface area (Å²) in [6.07, 6.45) is 10.0. The number of nitrogens with one attached hydrogen (secondary N) is 1. The van der Waals surface area contributed by atoms with Crippen LogP contribution < -0.4 is 5.32 Å². The lowest BCUT2D eigenvalue weighted by molar-refractivity contribution is 0.0392. The normalized spacial score (nSPS) is 33.2. The van der Waals surface area contributed by atoms with E-state index in [1.807, 2.05) is 0 Å². The molecular weight excluding hydrogens is 383 g/mol. The van der Waals surface area contributed by atoms with E-state index in [1.54, 1.807) is 6.21 Å². The third kappa shape index (κ3) is 3.65. The van der Waals surface area contributed by atoms with E-state index in [4.69, 9.17) is 4.74 Å². The summed E-state index contributed by atoms with van der Waals surface area (Å²) >= 11 is 0. The predicted octanol–water partition coefficient (Wildman–Crippen LogP) is 2.27. The van der Waals surface area contributed by atoms with Gasteiger partial charge in [0.1, 0.15) is 18.3 Å². The van der Waals surface area contributed by atoms with Crippen LogP contribution in [0.25, 0.3) is 0 Å². The fourth-order valence-corrected chi connectivity index (χ4v) is 5.88. The summed E-state index contributed by atoms with van der Waals surface area (Å²) in [7, 11) is 0. The molecule has 0 aromatic carbocycles. The van der Waals surface area contributed by atoms with Crippen molar-refractivity contribution in [1.82, 2.24) is 15.1 Å². The van der Waals surface area contributed by atoms with Crippen LogP contribution in [0.3, 0.4) is 0 Å². The van der Waals surface area contributed by atoms with Gasteiger partial charge in [0.15, 0.2) is 5.83 Å². The first-order chi connectivity index (χ1) is 14.7. The molecular formula is C22H31FN6O. The van der Waals surface area contributed by atoms with Gasteiger partial charge in [-0.25, -0.2) is 9.38 Å². The molecule has 4 saturated heterocycles. The van der Waals surface area contributed by atoms with Crippen molar-refractivity contribution in [3.05, 3.63) is 23.4 Å². The van der Waals surface area contributed by atoms with Gasteiger partial charge in [0.2, 0.25) is 0 Å². The number of rotatable bonds is 6. The lowest BCUT2D eigenvalue weighted by Gasteiger charge is -2.35. The molecule has 2 atom stereocenters. The second kappa shape index (κ2) is 8.32. The summed E-state index contributed by atoms with van der Waals surface area (Å²) < 4.78 is 20.7. The van der Waals surface area contributed by atoms with Gasteiger partial charge < -0.3 is 15.0 Å².